The molecule has 1 fully saturated rings. The predicted octanol–water partition coefficient (Wildman–Crippen LogP) is 4.71. The molecule has 4 rings (SSSR count). The summed E-state index contributed by atoms with van der Waals surface area (Å²) in [5.41, 5.74) is 1.09. The number of amides is 2. The zero-order valence-corrected chi connectivity index (χ0v) is 16.8. The normalized spacial score (nSPS) is 21.3. The fourth-order valence-electron chi connectivity index (χ4n) is 4.12. The summed E-state index contributed by atoms with van der Waals surface area (Å²) in [4.78, 5) is 30.0. The monoisotopic (exact) mass is 404 g/mol. The van der Waals surface area contributed by atoms with Gasteiger partial charge in [0, 0.05) is 34.8 Å². The van der Waals surface area contributed by atoms with Crippen molar-refractivity contribution in [1.29, 1.82) is 0 Å². The van der Waals surface area contributed by atoms with Crippen LogP contribution in [0, 0.1) is 0 Å². The van der Waals surface area contributed by atoms with Crippen LogP contribution in [0.25, 0.3) is 0 Å². The Morgan fingerprint density at radius 3 is 2.55 bits per heavy atom. The van der Waals surface area contributed by atoms with E-state index in [-0.39, 0.29) is 11.8 Å². The van der Waals surface area contributed by atoms with Crippen LogP contribution in [0.5, 0.6) is 0 Å². The highest BCUT2D eigenvalue weighted by Gasteiger charge is 2.57. The largest absolute Gasteiger partial charge is 0.306 e. The van der Waals surface area contributed by atoms with Crippen LogP contribution in [0.15, 0.2) is 90.0 Å². The first kappa shape index (κ1) is 19.2. The highest BCUT2D eigenvalue weighted by atomic mass is 35.5. The van der Waals surface area contributed by atoms with E-state index >= 15 is 0 Å². The Morgan fingerprint density at radius 1 is 1.07 bits per heavy atom. The molecule has 5 heteroatoms. The van der Waals surface area contributed by atoms with E-state index in [1.807, 2.05) is 67.6 Å². The molecule has 1 unspecified atom stereocenters. The third-order valence-electron chi connectivity index (χ3n) is 5.35. The standard InChI is InChI=1S/C24H21ClN2O2/c1-2-9-19(25)12-8-15-24-21-14-7-6-13-20(21)23(29)27(24)17-16-26(24)22(28)18-10-4-3-5-11-18/h2-15H,16-17H2,1H3/b9-2-,15-8+,19-12+. The van der Waals surface area contributed by atoms with Crippen LogP contribution in [0.1, 0.15) is 33.2 Å². The molecule has 2 amide bonds. The molecular formula is C24H21ClN2O2. The van der Waals surface area contributed by atoms with Gasteiger partial charge in [-0.25, -0.2) is 0 Å². The van der Waals surface area contributed by atoms with Crippen LogP contribution in [-0.2, 0) is 5.66 Å². The summed E-state index contributed by atoms with van der Waals surface area (Å²) < 4.78 is 0. The Balaban J connectivity index is 1.85. The van der Waals surface area contributed by atoms with Gasteiger partial charge in [0.2, 0.25) is 0 Å². The maximum absolute atomic E-state index is 13.4. The van der Waals surface area contributed by atoms with Gasteiger partial charge in [0.15, 0.2) is 5.66 Å². The van der Waals surface area contributed by atoms with E-state index in [1.165, 1.54) is 0 Å². The molecule has 2 aromatic carbocycles. The van der Waals surface area contributed by atoms with Crippen molar-refractivity contribution in [3.8, 4) is 0 Å². The number of carbonyl (C=O) groups excluding carboxylic acids is 2. The summed E-state index contributed by atoms with van der Waals surface area (Å²) in [5.74, 6) is -0.164. The third kappa shape index (κ3) is 3.10. The van der Waals surface area contributed by atoms with Crippen molar-refractivity contribution in [1.82, 2.24) is 9.80 Å². The lowest BCUT2D eigenvalue weighted by molar-refractivity contribution is 0.0401. The Hall–Kier alpha value is -3.11. The Morgan fingerprint density at radius 2 is 1.79 bits per heavy atom. The molecule has 0 saturated carbocycles. The van der Waals surface area contributed by atoms with Gasteiger partial charge in [0.1, 0.15) is 0 Å². The smallest absolute Gasteiger partial charge is 0.256 e. The molecule has 2 aromatic rings. The van der Waals surface area contributed by atoms with Crippen molar-refractivity contribution in [2.45, 2.75) is 12.6 Å². The van der Waals surface area contributed by atoms with Gasteiger partial charge in [-0.15, -0.1) is 0 Å². The Kier molecular flexibility index (Phi) is 5.12. The van der Waals surface area contributed by atoms with Crippen molar-refractivity contribution in [3.05, 3.63) is 107 Å². The second-order valence-corrected chi connectivity index (χ2v) is 7.40. The molecule has 29 heavy (non-hydrogen) atoms. The molecule has 0 N–H and O–H groups in total. The number of halogens is 1. The highest BCUT2D eigenvalue weighted by Crippen LogP contribution is 2.46. The van der Waals surface area contributed by atoms with E-state index in [1.54, 1.807) is 34.1 Å². The summed E-state index contributed by atoms with van der Waals surface area (Å²) in [5, 5.41) is 0.572. The van der Waals surface area contributed by atoms with E-state index < -0.39 is 5.66 Å². The van der Waals surface area contributed by atoms with Crippen LogP contribution < -0.4 is 0 Å². The maximum Gasteiger partial charge on any atom is 0.256 e. The number of fused-ring (bicyclic) bond motifs is 3. The van der Waals surface area contributed by atoms with Gasteiger partial charge in [-0.05, 0) is 43.4 Å². The van der Waals surface area contributed by atoms with E-state index in [4.69, 9.17) is 11.6 Å². The fourth-order valence-corrected chi connectivity index (χ4v) is 4.32. The molecule has 1 saturated heterocycles. The average Bonchev–Trinajstić information content (AvgIpc) is 3.23. The fraction of sp³-hybridized carbons (Fsp3) is 0.167. The summed E-state index contributed by atoms with van der Waals surface area (Å²) in [6.45, 7) is 2.83. The molecule has 4 nitrogen and oxygen atoms in total. The van der Waals surface area contributed by atoms with Crippen molar-refractivity contribution in [2.24, 2.45) is 0 Å². The van der Waals surface area contributed by atoms with E-state index in [9.17, 15) is 9.59 Å². The lowest BCUT2D eigenvalue weighted by Gasteiger charge is -2.37. The van der Waals surface area contributed by atoms with Gasteiger partial charge in [-0.3, -0.25) is 9.59 Å². The number of carbonyl (C=O) groups is 2. The van der Waals surface area contributed by atoms with Gasteiger partial charge in [0.25, 0.3) is 11.8 Å². The average molecular weight is 405 g/mol. The van der Waals surface area contributed by atoms with Crippen molar-refractivity contribution >= 4 is 23.4 Å². The first-order valence-electron chi connectivity index (χ1n) is 9.56. The number of hydrogen-bond acceptors (Lipinski definition) is 2. The number of allylic oxidation sites excluding steroid dienone is 5. The summed E-state index contributed by atoms with van der Waals surface area (Å²) in [7, 11) is 0. The third-order valence-corrected chi connectivity index (χ3v) is 5.60. The molecule has 1 atom stereocenters. The quantitative estimate of drug-likeness (QED) is 0.692. The minimum absolute atomic E-state index is 0.0582. The van der Waals surface area contributed by atoms with E-state index in [0.717, 1.165) is 5.56 Å². The molecule has 146 valence electrons. The Bertz CT molecular complexity index is 1040. The lowest BCUT2D eigenvalue weighted by Crippen LogP contribution is -2.49. The van der Waals surface area contributed by atoms with Crippen LogP contribution >= 0.6 is 11.6 Å². The van der Waals surface area contributed by atoms with Crippen molar-refractivity contribution in [3.63, 3.8) is 0 Å². The van der Waals surface area contributed by atoms with Crippen molar-refractivity contribution < 1.29 is 9.59 Å². The number of hydrogen-bond donors (Lipinski definition) is 0. The van der Waals surface area contributed by atoms with E-state index in [2.05, 4.69) is 0 Å². The molecule has 2 heterocycles. The van der Waals surface area contributed by atoms with Gasteiger partial charge in [0.05, 0.1) is 0 Å². The van der Waals surface area contributed by atoms with Crippen molar-refractivity contribution in [2.75, 3.05) is 13.1 Å². The van der Waals surface area contributed by atoms with E-state index in [0.29, 0.717) is 29.2 Å². The molecule has 0 bridgehead atoms. The van der Waals surface area contributed by atoms with Gasteiger partial charge >= 0.3 is 0 Å². The maximum atomic E-state index is 13.4. The molecule has 0 aliphatic carbocycles. The summed E-state index contributed by atoms with van der Waals surface area (Å²) in [6.07, 6.45) is 9.13. The topological polar surface area (TPSA) is 40.6 Å². The second-order valence-electron chi connectivity index (χ2n) is 6.96. The van der Waals surface area contributed by atoms with Crippen LogP contribution in [0.3, 0.4) is 0 Å². The van der Waals surface area contributed by atoms with Crippen LogP contribution in [0.4, 0.5) is 0 Å². The van der Waals surface area contributed by atoms with Gasteiger partial charge in [-0.2, -0.15) is 0 Å². The molecule has 2 aliphatic heterocycles. The minimum atomic E-state index is -0.954. The SMILES string of the molecule is C\C=C/C(Cl)=C\C=C\C12c3ccccc3C(=O)N1CCN2C(=O)c1ccccc1. The zero-order chi connectivity index (χ0) is 20.4. The van der Waals surface area contributed by atoms with Crippen LogP contribution in [-0.4, -0.2) is 34.7 Å². The van der Waals surface area contributed by atoms with Gasteiger partial charge < -0.3 is 9.80 Å². The molecule has 0 spiro atoms. The summed E-state index contributed by atoms with van der Waals surface area (Å²) >= 11 is 6.19. The molecular weight excluding hydrogens is 384 g/mol. The lowest BCUT2D eigenvalue weighted by atomic mass is 9.96. The minimum Gasteiger partial charge on any atom is -0.306 e. The highest BCUT2D eigenvalue weighted by molar-refractivity contribution is 6.31. The summed E-state index contributed by atoms with van der Waals surface area (Å²) in [6, 6.07) is 16.7. The molecule has 0 radical (unpaired) electrons. The molecule has 0 aromatic heterocycles. The number of benzene rings is 2. The molecule has 2 aliphatic rings. The van der Waals surface area contributed by atoms with Crippen LogP contribution in [0.2, 0.25) is 0 Å². The van der Waals surface area contributed by atoms with Gasteiger partial charge in [-0.1, -0.05) is 60.2 Å². The first-order valence-corrected chi connectivity index (χ1v) is 9.93. The first-order chi connectivity index (χ1) is 14.1. The predicted molar refractivity (Wildman–Crippen MR) is 115 cm³/mol. The number of rotatable bonds is 4. The zero-order valence-electron chi connectivity index (χ0n) is 16.1. The Labute approximate surface area is 175 Å². The number of nitrogens with zero attached hydrogens (tertiary/aromatic N) is 2. The second kappa shape index (κ2) is 7.72.